The van der Waals surface area contributed by atoms with E-state index in [-0.39, 0.29) is 6.61 Å². The van der Waals surface area contributed by atoms with Crippen molar-refractivity contribution in [3.8, 4) is 11.4 Å². The second kappa shape index (κ2) is 9.96. The molecule has 1 aromatic carbocycles. The van der Waals surface area contributed by atoms with Crippen LogP contribution in [0.3, 0.4) is 0 Å². The second-order valence-corrected chi connectivity index (χ2v) is 7.12. The van der Waals surface area contributed by atoms with Crippen molar-refractivity contribution in [3.05, 3.63) is 77.6 Å². The third-order valence-corrected chi connectivity index (χ3v) is 4.85. The number of aliphatic hydroxyl groups is 1. The average Bonchev–Trinajstić information content (AvgIpc) is 2.74. The van der Waals surface area contributed by atoms with Crippen LogP contribution in [0.25, 0.3) is 23.5 Å². The Morgan fingerprint density at radius 2 is 1.83 bits per heavy atom. The first kappa shape index (κ1) is 20.7. The van der Waals surface area contributed by atoms with Crippen LogP contribution in [-0.2, 0) is 6.54 Å². The fourth-order valence-corrected chi connectivity index (χ4v) is 3.19. The van der Waals surface area contributed by atoms with Gasteiger partial charge >= 0.3 is 0 Å². The van der Waals surface area contributed by atoms with Crippen molar-refractivity contribution in [1.29, 1.82) is 0 Å². The Kier molecular flexibility index (Phi) is 7.11. The number of nitrogens with two attached hydrogens (primary N) is 1. The first-order valence-corrected chi connectivity index (χ1v) is 9.87. The Hall–Kier alpha value is -3.02. The predicted octanol–water partition coefficient (Wildman–Crippen LogP) is 2.90. The number of nitrogens with zero attached hydrogens (tertiary/aromatic N) is 3. The zero-order valence-corrected chi connectivity index (χ0v) is 17.1. The summed E-state index contributed by atoms with van der Waals surface area (Å²) in [5, 5.41) is 9.07. The Bertz CT molecular complexity index is 967. The Balaban J connectivity index is 1.84. The van der Waals surface area contributed by atoms with Crippen LogP contribution < -0.4 is 15.2 Å². The number of hydrogen-bond donors (Lipinski definition) is 2. The van der Waals surface area contributed by atoms with Gasteiger partial charge in [-0.2, -0.15) is 4.57 Å². The number of rotatable bonds is 8. The van der Waals surface area contributed by atoms with Crippen molar-refractivity contribution in [3.63, 3.8) is 0 Å². The number of anilines is 1. The Morgan fingerprint density at radius 3 is 2.52 bits per heavy atom. The number of aryl methyl sites for hydroxylation is 1. The largest absolute Gasteiger partial charge is 0.395 e. The van der Waals surface area contributed by atoms with E-state index in [1.54, 1.807) is 0 Å². The van der Waals surface area contributed by atoms with E-state index in [4.69, 9.17) is 10.8 Å². The fraction of sp³-hybridized carbons (Fsp3) is 0.250. The Labute approximate surface area is 172 Å². The van der Waals surface area contributed by atoms with Crippen LogP contribution in [0.15, 0.2) is 60.9 Å². The third-order valence-electron chi connectivity index (χ3n) is 4.85. The van der Waals surface area contributed by atoms with Crippen LogP contribution in [0.1, 0.15) is 16.7 Å². The van der Waals surface area contributed by atoms with Crippen LogP contribution in [0.2, 0.25) is 0 Å². The number of aliphatic hydroxyl groups excluding tert-OH is 1. The van der Waals surface area contributed by atoms with E-state index in [9.17, 15) is 0 Å². The molecule has 150 valence electrons. The summed E-state index contributed by atoms with van der Waals surface area (Å²) in [5.74, 6) is 0. The van der Waals surface area contributed by atoms with Gasteiger partial charge in [0, 0.05) is 37.6 Å². The highest BCUT2D eigenvalue weighted by Gasteiger charge is 2.14. The predicted molar refractivity (Wildman–Crippen MR) is 119 cm³/mol. The Morgan fingerprint density at radius 1 is 1.07 bits per heavy atom. The zero-order valence-electron chi connectivity index (χ0n) is 17.1. The molecule has 0 atom stereocenters. The molecule has 0 saturated heterocycles. The van der Waals surface area contributed by atoms with E-state index in [1.807, 2.05) is 24.2 Å². The maximum Gasteiger partial charge on any atom is 0.231 e. The second-order valence-electron chi connectivity index (χ2n) is 7.12. The third kappa shape index (κ3) is 5.50. The zero-order chi connectivity index (χ0) is 20.6. The van der Waals surface area contributed by atoms with Crippen LogP contribution >= 0.6 is 0 Å². The minimum atomic E-state index is 0.147. The summed E-state index contributed by atoms with van der Waals surface area (Å²) >= 11 is 0. The van der Waals surface area contributed by atoms with E-state index in [0.717, 1.165) is 34.7 Å². The van der Waals surface area contributed by atoms with Crippen molar-refractivity contribution in [2.45, 2.75) is 13.5 Å². The molecule has 0 unspecified atom stereocenters. The molecule has 0 bridgehead atoms. The quantitative estimate of drug-likeness (QED) is 0.582. The van der Waals surface area contributed by atoms with Gasteiger partial charge in [-0.25, -0.2) is 4.98 Å². The summed E-state index contributed by atoms with van der Waals surface area (Å²) in [4.78, 5) is 6.57. The molecule has 3 aromatic rings. The van der Waals surface area contributed by atoms with Crippen LogP contribution in [0.5, 0.6) is 0 Å². The van der Waals surface area contributed by atoms with E-state index in [1.165, 1.54) is 5.56 Å². The van der Waals surface area contributed by atoms with E-state index in [2.05, 4.69) is 77.3 Å². The van der Waals surface area contributed by atoms with Gasteiger partial charge < -0.3 is 15.7 Å². The lowest BCUT2D eigenvalue weighted by molar-refractivity contribution is -0.683. The highest BCUT2D eigenvalue weighted by atomic mass is 16.3. The topological polar surface area (TPSA) is 66.3 Å². The number of aromatic nitrogens is 2. The molecule has 0 saturated carbocycles. The number of benzene rings is 1. The van der Waals surface area contributed by atoms with Gasteiger partial charge in [0.15, 0.2) is 12.7 Å². The molecule has 2 aromatic heterocycles. The standard InChI is InChI=1S/C24H29N4O/c1-19-9-12-26-23(17-19)24-18-21(10-13-28(24)14-11-25)4-3-20-5-7-22(8-6-20)27(2)15-16-29/h3-10,12-13,17-18,29H,11,14-16,25H2,1-2H3/q+1. The summed E-state index contributed by atoms with van der Waals surface area (Å²) in [7, 11) is 1.97. The van der Waals surface area contributed by atoms with Gasteiger partial charge in [-0.15, -0.1) is 0 Å². The van der Waals surface area contributed by atoms with Gasteiger partial charge in [0.2, 0.25) is 5.69 Å². The van der Waals surface area contributed by atoms with E-state index < -0.39 is 0 Å². The monoisotopic (exact) mass is 389 g/mol. The SMILES string of the molecule is Cc1ccnc(-c2cc(/C=C/c3ccc(N(C)CCO)cc3)cc[n+]2CCN)c1. The summed E-state index contributed by atoms with van der Waals surface area (Å²) in [6.07, 6.45) is 8.12. The molecule has 0 radical (unpaired) electrons. The molecule has 2 heterocycles. The molecule has 0 spiro atoms. The van der Waals surface area contributed by atoms with Crippen LogP contribution in [0, 0.1) is 6.92 Å². The number of likely N-dealkylation sites (N-methyl/N-ethyl adjacent to an activating group) is 1. The molecule has 5 heteroatoms. The lowest BCUT2D eigenvalue weighted by atomic mass is 10.1. The first-order valence-electron chi connectivity index (χ1n) is 9.87. The lowest BCUT2D eigenvalue weighted by Gasteiger charge is -2.17. The first-order chi connectivity index (χ1) is 14.1. The smallest absolute Gasteiger partial charge is 0.231 e. The van der Waals surface area contributed by atoms with Crippen molar-refractivity contribution in [1.82, 2.24) is 4.98 Å². The summed E-state index contributed by atoms with van der Waals surface area (Å²) in [6, 6.07) is 16.6. The van der Waals surface area contributed by atoms with E-state index in [0.29, 0.717) is 13.1 Å². The molecule has 0 aliphatic heterocycles. The van der Waals surface area contributed by atoms with Crippen molar-refractivity contribution >= 4 is 17.8 Å². The van der Waals surface area contributed by atoms with Gasteiger partial charge in [0.25, 0.3) is 0 Å². The highest BCUT2D eigenvalue weighted by molar-refractivity contribution is 5.71. The van der Waals surface area contributed by atoms with Crippen molar-refractivity contribution < 1.29 is 9.67 Å². The maximum absolute atomic E-state index is 9.07. The summed E-state index contributed by atoms with van der Waals surface area (Å²) in [5.41, 5.74) is 12.3. The van der Waals surface area contributed by atoms with Gasteiger partial charge in [0.1, 0.15) is 5.69 Å². The minimum Gasteiger partial charge on any atom is -0.395 e. The summed E-state index contributed by atoms with van der Waals surface area (Å²) in [6.45, 7) is 4.17. The molecular formula is C24H29N4O+. The molecular weight excluding hydrogens is 360 g/mol. The molecule has 3 N–H and O–H groups in total. The highest BCUT2D eigenvalue weighted by Crippen LogP contribution is 2.18. The summed E-state index contributed by atoms with van der Waals surface area (Å²) < 4.78 is 2.14. The van der Waals surface area contributed by atoms with Gasteiger partial charge in [0.05, 0.1) is 13.2 Å². The molecule has 0 amide bonds. The van der Waals surface area contributed by atoms with Crippen molar-refractivity contribution in [2.75, 3.05) is 31.6 Å². The van der Waals surface area contributed by atoms with Crippen LogP contribution in [0.4, 0.5) is 5.69 Å². The molecule has 5 nitrogen and oxygen atoms in total. The molecule has 0 aliphatic rings. The van der Waals surface area contributed by atoms with Crippen LogP contribution in [-0.4, -0.2) is 36.8 Å². The molecule has 29 heavy (non-hydrogen) atoms. The van der Waals surface area contributed by atoms with Gasteiger partial charge in [-0.05, 0) is 47.9 Å². The average molecular weight is 390 g/mol. The van der Waals surface area contributed by atoms with Gasteiger partial charge in [-0.1, -0.05) is 24.3 Å². The normalized spacial score (nSPS) is 11.2. The van der Waals surface area contributed by atoms with Gasteiger partial charge in [-0.3, -0.25) is 0 Å². The molecule has 0 aliphatic carbocycles. The molecule has 0 fully saturated rings. The minimum absolute atomic E-state index is 0.147. The fourth-order valence-electron chi connectivity index (χ4n) is 3.19. The maximum atomic E-state index is 9.07. The molecule has 3 rings (SSSR count). The van der Waals surface area contributed by atoms with Crippen molar-refractivity contribution in [2.24, 2.45) is 5.73 Å². The van der Waals surface area contributed by atoms with E-state index >= 15 is 0 Å². The number of pyridine rings is 2. The lowest BCUT2D eigenvalue weighted by Crippen LogP contribution is -2.39. The number of hydrogen-bond acceptors (Lipinski definition) is 4.